The molecule has 184 valence electrons. The quantitative estimate of drug-likeness (QED) is 0.460. The maximum Gasteiger partial charge on any atom is 0.333 e. The van der Waals surface area contributed by atoms with Gasteiger partial charge < -0.3 is 24.6 Å². The van der Waals surface area contributed by atoms with Gasteiger partial charge in [-0.3, -0.25) is 4.79 Å². The van der Waals surface area contributed by atoms with Gasteiger partial charge in [0.2, 0.25) is 0 Å². The minimum atomic E-state index is -1.02. The zero-order chi connectivity index (χ0) is 24.7. The molecule has 0 bridgehead atoms. The Hall–Kier alpha value is -2.77. The highest BCUT2D eigenvalue weighted by atomic mass is 35.5. The predicted molar refractivity (Wildman–Crippen MR) is 130 cm³/mol. The van der Waals surface area contributed by atoms with E-state index in [9.17, 15) is 14.7 Å². The van der Waals surface area contributed by atoms with Crippen LogP contribution in [0.4, 0.5) is 0 Å². The topological polar surface area (TPSA) is 94.1 Å². The molecule has 1 amide bonds. The molecule has 1 unspecified atom stereocenters. The first-order valence-corrected chi connectivity index (χ1v) is 11.9. The summed E-state index contributed by atoms with van der Waals surface area (Å²) in [6.07, 6.45) is 3.66. The SMILES string of the molecule is COc1ccc(CC(OC(C)C)C(=O)O)cc1CNC(=O)c1ccc(OC2CCCC2)cc1Cl. The van der Waals surface area contributed by atoms with Crippen LogP contribution in [0, 0.1) is 0 Å². The fourth-order valence-corrected chi connectivity index (χ4v) is 4.31. The Labute approximate surface area is 205 Å². The molecule has 2 aromatic carbocycles. The minimum Gasteiger partial charge on any atom is -0.496 e. The van der Waals surface area contributed by atoms with Gasteiger partial charge in [0.15, 0.2) is 6.10 Å². The number of rotatable bonds is 11. The molecule has 1 aliphatic carbocycles. The molecule has 1 atom stereocenters. The summed E-state index contributed by atoms with van der Waals surface area (Å²) in [5.74, 6) is -0.0858. The van der Waals surface area contributed by atoms with Gasteiger partial charge in [0.05, 0.1) is 29.9 Å². The van der Waals surface area contributed by atoms with Crippen molar-refractivity contribution in [2.45, 2.75) is 70.8 Å². The van der Waals surface area contributed by atoms with Gasteiger partial charge in [0, 0.05) is 18.5 Å². The molecule has 0 saturated heterocycles. The summed E-state index contributed by atoms with van der Waals surface area (Å²) >= 11 is 6.37. The molecule has 1 fully saturated rings. The molecule has 3 rings (SSSR count). The summed E-state index contributed by atoms with van der Waals surface area (Å²) in [5, 5.41) is 12.6. The molecule has 0 heterocycles. The number of carboxylic acids is 1. The van der Waals surface area contributed by atoms with E-state index >= 15 is 0 Å². The standard InChI is InChI=1S/C26H32ClNO6/c1-16(2)33-24(26(30)31)13-17-8-11-23(32-3)18(12-17)15-28-25(29)21-10-9-20(14-22(21)27)34-19-6-4-5-7-19/h8-12,14,16,19,24H,4-7,13,15H2,1-3H3,(H,28,29)(H,30,31). The van der Waals surface area contributed by atoms with E-state index in [0.717, 1.165) is 24.0 Å². The summed E-state index contributed by atoms with van der Waals surface area (Å²) in [6.45, 7) is 3.78. The number of hydrogen-bond acceptors (Lipinski definition) is 5. The summed E-state index contributed by atoms with van der Waals surface area (Å²) in [6, 6.07) is 10.5. The van der Waals surface area contributed by atoms with Crippen molar-refractivity contribution < 1.29 is 28.9 Å². The maximum absolute atomic E-state index is 12.8. The molecule has 34 heavy (non-hydrogen) atoms. The van der Waals surface area contributed by atoms with Crippen LogP contribution in [0.3, 0.4) is 0 Å². The van der Waals surface area contributed by atoms with Gasteiger partial charge in [-0.1, -0.05) is 23.7 Å². The predicted octanol–water partition coefficient (Wildman–Crippen LogP) is 5.02. The molecular weight excluding hydrogens is 458 g/mol. The highest BCUT2D eigenvalue weighted by Gasteiger charge is 2.21. The van der Waals surface area contributed by atoms with Gasteiger partial charge in [-0.25, -0.2) is 4.79 Å². The molecule has 0 aliphatic heterocycles. The highest BCUT2D eigenvalue weighted by Crippen LogP contribution is 2.28. The van der Waals surface area contributed by atoms with E-state index in [0.29, 0.717) is 22.1 Å². The minimum absolute atomic E-state index is 0.190. The van der Waals surface area contributed by atoms with Crippen LogP contribution in [-0.2, 0) is 22.5 Å². The lowest BCUT2D eigenvalue weighted by atomic mass is 10.0. The maximum atomic E-state index is 12.8. The molecule has 0 spiro atoms. The van der Waals surface area contributed by atoms with Crippen molar-refractivity contribution in [1.29, 1.82) is 0 Å². The largest absolute Gasteiger partial charge is 0.496 e. The molecule has 2 N–H and O–H groups in total. The van der Waals surface area contributed by atoms with Crippen LogP contribution < -0.4 is 14.8 Å². The number of carbonyl (C=O) groups excluding carboxylic acids is 1. The van der Waals surface area contributed by atoms with Crippen molar-refractivity contribution in [2.24, 2.45) is 0 Å². The van der Waals surface area contributed by atoms with Crippen LogP contribution in [0.1, 0.15) is 61.0 Å². The summed E-state index contributed by atoms with van der Waals surface area (Å²) in [7, 11) is 1.54. The van der Waals surface area contributed by atoms with Crippen molar-refractivity contribution in [3.63, 3.8) is 0 Å². The Morgan fingerprint density at radius 3 is 2.50 bits per heavy atom. The van der Waals surface area contributed by atoms with E-state index in [-0.39, 0.29) is 31.1 Å². The van der Waals surface area contributed by atoms with Gasteiger partial charge in [0.1, 0.15) is 11.5 Å². The van der Waals surface area contributed by atoms with E-state index in [4.69, 9.17) is 25.8 Å². The van der Waals surface area contributed by atoms with Crippen molar-refractivity contribution in [2.75, 3.05) is 7.11 Å². The first-order chi connectivity index (χ1) is 16.3. The highest BCUT2D eigenvalue weighted by molar-refractivity contribution is 6.34. The number of amides is 1. The second kappa shape index (κ2) is 12.1. The average molecular weight is 490 g/mol. The Morgan fingerprint density at radius 1 is 1.15 bits per heavy atom. The summed E-state index contributed by atoms with van der Waals surface area (Å²) in [4.78, 5) is 24.3. The third-order valence-corrected chi connectivity index (χ3v) is 6.02. The van der Waals surface area contributed by atoms with Gasteiger partial charge in [0.25, 0.3) is 5.91 Å². The van der Waals surface area contributed by atoms with Gasteiger partial charge in [-0.05, 0) is 69.4 Å². The number of aliphatic carboxylic acids is 1. The Balaban J connectivity index is 1.67. The van der Waals surface area contributed by atoms with Gasteiger partial charge in [-0.15, -0.1) is 0 Å². The number of methoxy groups -OCH3 is 1. The van der Waals surface area contributed by atoms with Crippen LogP contribution in [-0.4, -0.2) is 42.4 Å². The normalized spacial score (nSPS) is 14.7. The summed E-state index contributed by atoms with van der Waals surface area (Å²) < 4.78 is 16.9. The van der Waals surface area contributed by atoms with E-state index in [1.54, 1.807) is 51.3 Å². The number of halogens is 1. The molecular formula is C26H32ClNO6. The molecule has 8 heteroatoms. The van der Waals surface area contributed by atoms with E-state index in [2.05, 4.69) is 5.32 Å². The molecule has 1 saturated carbocycles. The lowest BCUT2D eigenvalue weighted by Gasteiger charge is -2.18. The number of benzene rings is 2. The van der Waals surface area contributed by atoms with Crippen molar-refractivity contribution in [3.8, 4) is 11.5 Å². The fourth-order valence-electron chi connectivity index (χ4n) is 4.06. The number of nitrogens with one attached hydrogen (secondary N) is 1. The first kappa shape index (κ1) is 25.8. The van der Waals surface area contributed by atoms with Crippen LogP contribution in [0.15, 0.2) is 36.4 Å². The van der Waals surface area contributed by atoms with Crippen LogP contribution >= 0.6 is 11.6 Å². The van der Waals surface area contributed by atoms with Crippen molar-refractivity contribution in [3.05, 3.63) is 58.1 Å². The van der Waals surface area contributed by atoms with E-state index < -0.39 is 12.1 Å². The number of hydrogen-bond donors (Lipinski definition) is 2. The van der Waals surface area contributed by atoms with Crippen molar-refractivity contribution in [1.82, 2.24) is 5.32 Å². The van der Waals surface area contributed by atoms with Crippen molar-refractivity contribution >= 4 is 23.5 Å². The van der Waals surface area contributed by atoms with E-state index in [1.807, 2.05) is 6.07 Å². The third kappa shape index (κ3) is 7.11. The lowest BCUT2D eigenvalue weighted by Crippen LogP contribution is -2.29. The van der Waals surface area contributed by atoms with Crippen LogP contribution in [0.2, 0.25) is 5.02 Å². The van der Waals surface area contributed by atoms with Gasteiger partial charge >= 0.3 is 5.97 Å². The number of ether oxygens (including phenoxy) is 3. The molecule has 7 nitrogen and oxygen atoms in total. The Bertz CT molecular complexity index is 1000. The molecule has 0 radical (unpaired) electrons. The second-order valence-corrected chi connectivity index (χ2v) is 9.12. The fraction of sp³-hybridized carbons (Fsp3) is 0.462. The van der Waals surface area contributed by atoms with Gasteiger partial charge in [-0.2, -0.15) is 0 Å². The lowest BCUT2D eigenvalue weighted by molar-refractivity contribution is -0.153. The molecule has 1 aliphatic rings. The monoisotopic (exact) mass is 489 g/mol. The zero-order valence-corrected chi connectivity index (χ0v) is 20.6. The first-order valence-electron chi connectivity index (χ1n) is 11.5. The third-order valence-electron chi connectivity index (χ3n) is 5.71. The molecule has 2 aromatic rings. The van der Waals surface area contributed by atoms with E-state index in [1.165, 1.54) is 12.8 Å². The Kier molecular flexibility index (Phi) is 9.19. The molecule has 0 aromatic heterocycles. The summed E-state index contributed by atoms with van der Waals surface area (Å²) in [5.41, 5.74) is 1.84. The Morgan fingerprint density at radius 2 is 1.88 bits per heavy atom. The van der Waals surface area contributed by atoms with Crippen LogP contribution in [0.5, 0.6) is 11.5 Å². The average Bonchev–Trinajstić information content (AvgIpc) is 3.30. The van der Waals surface area contributed by atoms with Crippen LogP contribution in [0.25, 0.3) is 0 Å². The second-order valence-electron chi connectivity index (χ2n) is 8.71. The zero-order valence-electron chi connectivity index (χ0n) is 19.8. The smallest absolute Gasteiger partial charge is 0.333 e. The number of carboxylic acid groups (broad SMARTS) is 1. The number of carbonyl (C=O) groups is 2.